The number of nitrogens with zero attached hydrogens (tertiary/aromatic N) is 1. The van der Waals surface area contributed by atoms with Gasteiger partial charge in [0.2, 0.25) is 0 Å². The Balaban J connectivity index is 1.83. The van der Waals surface area contributed by atoms with E-state index in [1.807, 2.05) is 30.3 Å². The van der Waals surface area contributed by atoms with Gasteiger partial charge in [0.1, 0.15) is 16.3 Å². The van der Waals surface area contributed by atoms with E-state index in [0.29, 0.717) is 16.2 Å². The number of benzene rings is 2. The quantitative estimate of drug-likeness (QED) is 0.559. The second-order valence-corrected chi connectivity index (χ2v) is 6.10. The lowest BCUT2D eigenvalue weighted by molar-refractivity contribution is 0.473. The molecular formula is C18H11NO3S. The average Bonchev–Trinajstić information content (AvgIpc) is 3.05. The van der Waals surface area contributed by atoms with Crippen molar-refractivity contribution < 1.29 is 9.52 Å². The van der Waals surface area contributed by atoms with Gasteiger partial charge in [0.15, 0.2) is 0 Å². The molecule has 0 spiro atoms. The molecule has 0 amide bonds. The molecule has 0 aliphatic heterocycles. The molecule has 23 heavy (non-hydrogen) atoms. The Hall–Kier alpha value is -2.92. The van der Waals surface area contributed by atoms with E-state index in [4.69, 9.17) is 4.42 Å². The molecule has 4 aromatic rings. The molecule has 0 aliphatic rings. The Morgan fingerprint density at radius 2 is 1.87 bits per heavy atom. The fraction of sp³-hybridized carbons (Fsp3) is 0. The molecule has 2 heterocycles. The second kappa shape index (κ2) is 5.37. The summed E-state index contributed by atoms with van der Waals surface area (Å²) < 4.78 is 5.29. The molecule has 0 saturated heterocycles. The highest BCUT2D eigenvalue weighted by molar-refractivity contribution is 7.18. The SMILES string of the molecule is O=c1oc2cc(O)ccc2cc1-c1ncc(-c2ccccc2)s1. The van der Waals surface area contributed by atoms with Crippen molar-refractivity contribution in [3.8, 4) is 26.8 Å². The lowest BCUT2D eigenvalue weighted by atomic mass is 10.2. The normalized spacial score (nSPS) is 11.0. The van der Waals surface area contributed by atoms with Crippen LogP contribution < -0.4 is 5.63 Å². The van der Waals surface area contributed by atoms with Gasteiger partial charge in [-0.25, -0.2) is 9.78 Å². The Morgan fingerprint density at radius 3 is 2.70 bits per heavy atom. The molecule has 0 fully saturated rings. The Bertz CT molecular complexity index is 1050. The number of rotatable bonds is 2. The Morgan fingerprint density at radius 1 is 1.04 bits per heavy atom. The fourth-order valence-corrected chi connectivity index (χ4v) is 3.31. The van der Waals surface area contributed by atoms with Crippen molar-refractivity contribution in [1.29, 1.82) is 0 Å². The van der Waals surface area contributed by atoms with Gasteiger partial charge in [0.05, 0.1) is 10.4 Å². The number of hydrogen-bond acceptors (Lipinski definition) is 5. The van der Waals surface area contributed by atoms with E-state index in [2.05, 4.69) is 4.98 Å². The summed E-state index contributed by atoms with van der Waals surface area (Å²) in [7, 11) is 0. The molecule has 2 aromatic heterocycles. The van der Waals surface area contributed by atoms with Gasteiger partial charge >= 0.3 is 5.63 Å². The zero-order chi connectivity index (χ0) is 15.8. The molecule has 2 aromatic carbocycles. The minimum atomic E-state index is -0.461. The van der Waals surface area contributed by atoms with Crippen LogP contribution in [0, 0.1) is 0 Å². The van der Waals surface area contributed by atoms with E-state index in [-0.39, 0.29) is 5.75 Å². The Kier molecular flexibility index (Phi) is 3.20. The number of thiazole rings is 1. The van der Waals surface area contributed by atoms with Crippen LogP contribution in [0.3, 0.4) is 0 Å². The van der Waals surface area contributed by atoms with Crippen LogP contribution in [0.2, 0.25) is 0 Å². The summed E-state index contributed by atoms with van der Waals surface area (Å²) in [4.78, 5) is 17.6. The van der Waals surface area contributed by atoms with E-state index < -0.39 is 5.63 Å². The molecule has 0 radical (unpaired) electrons. The van der Waals surface area contributed by atoms with Crippen LogP contribution in [0.15, 0.2) is 70.0 Å². The molecule has 0 saturated carbocycles. The van der Waals surface area contributed by atoms with Crippen LogP contribution >= 0.6 is 11.3 Å². The van der Waals surface area contributed by atoms with E-state index in [0.717, 1.165) is 15.8 Å². The minimum absolute atomic E-state index is 0.0639. The molecule has 5 heteroatoms. The summed E-state index contributed by atoms with van der Waals surface area (Å²) >= 11 is 1.44. The zero-order valence-corrected chi connectivity index (χ0v) is 12.7. The second-order valence-electron chi connectivity index (χ2n) is 5.07. The highest BCUT2D eigenvalue weighted by atomic mass is 32.1. The van der Waals surface area contributed by atoms with Gasteiger partial charge in [-0.3, -0.25) is 0 Å². The number of aromatic nitrogens is 1. The summed E-state index contributed by atoms with van der Waals surface area (Å²) in [5.41, 5.74) is 1.39. The van der Waals surface area contributed by atoms with Crippen LogP contribution in [-0.2, 0) is 0 Å². The molecule has 4 rings (SSSR count). The summed E-state index contributed by atoms with van der Waals surface area (Å²) in [6.45, 7) is 0. The van der Waals surface area contributed by atoms with Gasteiger partial charge in [0.25, 0.3) is 0 Å². The molecule has 112 valence electrons. The van der Waals surface area contributed by atoms with E-state index in [9.17, 15) is 9.90 Å². The predicted molar refractivity (Wildman–Crippen MR) is 90.7 cm³/mol. The predicted octanol–water partition coefficient (Wildman–Crippen LogP) is 4.29. The third-order valence-electron chi connectivity index (χ3n) is 3.51. The first-order chi connectivity index (χ1) is 11.2. The van der Waals surface area contributed by atoms with Crippen molar-refractivity contribution in [3.05, 3.63) is 71.2 Å². The fourth-order valence-electron chi connectivity index (χ4n) is 2.38. The van der Waals surface area contributed by atoms with Gasteiger partial charge in [-0.05, 0) is 23.8 Å². The van der Waals surface area contributed by atoms with Crippen LogP contribution in [0.4, 0.5) is 0 Å². The maximum atomic E-state index is 12.2. The topological polar surface area (TPSA) is 63.3 Å². The van der Waals surface area contributed by atoms with Gasteiger partial charge in [-0.1, -0.05) is 30.3 Å². The van der Waals surface area contributed by atoms with Crippen molar-refractivity contribution >= 4 is 22.3 Å². The van der Waals surface area contributed by atoms with Crippen LogP contribution in [0.1, 0.15) is 0 Å². The average molecular weight is 321 g/mol. The zero-order valence-electron chi connectivity index (χ0n) is 11.9. The van der Waals surface area contributed by atoms with Gasteiger partial charge in [-0.2, -0.15) is 0 Å². The standard InChI is InChI=1S/C18H11NO3S/c20-13-7-6-12-8-14(18(21)22-15(12)9-13)17-19-10-16(23-17)11-4-2-1-3-5-11/h1-10,20H. The smallest absolute Gasteiger partial charge is 0.346 e. The highest BCUT2D eigenvalue weighted by Crippen LogP contribution is 2.32. The maximum absolute atomic E-state index is 12.2. The molecule has 0 atom stereocenters. The Labute approximate surface area is 135 Å². The first-order valence-electron chi connectivity index (χ1n) is 6.99. The first-order valence-corrected chi connectivity index (χ1v) is 7.81. The lowest BCUT2D eigenvalue weighted by Crippen LogP contribution is -2.02. The van der Waals surface area contributed by atoms with Gasteiger partial charge in [0, 0.05) is 17.6 Å². The summed E-state index contributed by atoms with van der Waals surface area (Å²) in [6, 6.07) is 16.3. The largest absolute Gasteiger partial charge is 0.508 e. The van der Waals surface area contributed by atoms with Gasteiger partial charge in [-0.15, -0.1) is 11.3 Å². The molecule has 0 bridgehead atoms. The van der Waals surface area contributed by atoms with Crippen LogP contribution in [0.5, 0.6) is 5.75 Å². The van der Waals surface area contributed by atoms with Crippen molar-refractivity contribution in [2.45, 2.75) is 0 Å². The molecule has 4 nitrogen and oxygen atoms in total. The summed E-state index contributed by atoms with van der Waals surface area (Å²) in [6.07, 6.45) is 1.76. The number of fused-ring (bicyclic) bond motifs is 1. The molecule has 0 unspecified atom stereocenters. The highest BCUT2D eigenvalue weighted by Gasteiger charge is 2.13. The van der Waals surface area contributed by atoms with Crippen LogP contribution in [0.25, 0.3) is 32.0 Å². The van der Waals surface area contributed by atoms with Crippen molar-refractivity contribution in [1.82, 2.24) is 4.98 Å². The third-order valence-corrected chi connectivity index (χ3v) is 4.59. The van der Waals surface area contributed by atoms with Gasteiger partial charge < -0.3 is 9.52 Å². The van der Waals surface area contributed by atoms with E-state index >= 15 is 0 Å². The number of phenolic OH excluding ortho intramolecular Hbond substituents is 1. The molecular weight excluding hydrogens is 310 g/mol. The number of phenols is 1. The maximum Gasteiger partial charge on any atom is 0.346 e. The number of aromatic hydroxyl groups is 1. The summed E-state index contributed by atoms with van der Waals surface area (Å²) in [5.74, 6) is 0.0639. The molecule has 0 aliphatic carbocycles. The van der Waals surface area contributed by atoms with Crippen molar-refractivity contribution in [2.75, 3.05) is 0 Å². The van der Waals surface area contributed by atoms with E-state index in [1.54, 1.807) is 24.4 Å². The van der Waals surface area contributed by atoms with Crippen molar-refractivity contribution in [2.24, 2.45) is 0 Å². The summed E-state index contributed by atoms with van der Waals surface area (Å²) in [5, 5.41) is 10.8. The van der Waals surface area contributed by atoms with E-state index in [1.165, 1.54) is 17.4 Å². The van der Waals surface area contributed by atoms with Crippen LogP contribution in [-0.4, -0.2) is 10.1 Å². The molecule has 1 N–H and O–H groups in total. The third kappa shape index (κ3) is 2.51. The van der Waals surface area contributed by atoms with Crippen molar-refractivity contribution in [3.63, 3.8) is 0 Å². The minimum Gasteiger partial charge on any atom is -0.508 e. The monoisotopic (exact) mass is 321 g/mol. The first kappa shape index (κ1) is 13.7. The number of hydrogen-bond donors (Lipinski definition) is 1. The lowest BCUT2D eigenvalue weighted by Gasteiger charge is -2.00.